The number of aromatic amines is 2. The van der Waals surface area contributed by atoms with Crippen LogP contribution in [0.1, 0.15) is 12.2 Å². The highest BCUT2D eigenvalue weighted by Crippen LogP contribution is 2.16. The van der Waals surface area contributed by atoms with Crippen LogP contribution in [-0.2, 0) is 18.3 Å². The number of rotatable bonds is 7. The van der Waals surface area contributed by atoms with Gasteiger partial charge in [0, 0.05) is 32.1 Å². The van der Waals surface area contributed by atoms with Crippen LogP contribution in [0.2, 0.25) is 0 Å². The molecule has 0 saturated heterocycles. The lowest BCUT2D eigenvalue weighted by Crippen LogP contribution is -2.28. The van der Waals surface area contributed by atoms with Crippen LogP contribution in [0.25, 0.3) is 11.2 Å². The Morgan fingerprint density at radius 2 is 2.00 bits per heavy atom. The van der Waals surface area contributed by atoms with Crippen LogP contribution in [0.3, 0.4) is 0 Å². The molecule has 2 heterocycles. The van der Waals surface area contributed by atoms with E-state index >= 15 is 0 Å². The average molecular weight is 372 g/mol. The summed E-state index contributed by atoms with van der Waals surface area (Å²) in [6, 6.07) is 6.97. The number of nitrogens with one attached hydrogen (secondary N) is 3. The van der Waals surface area contributed by atoms with Gasteiger partial charge in [0.2, 0.25) is 5.91 Å². The number of carbonyl (C=O) groups excluding carboxylic acids is 1. The minimum atomic E-state index is -0.540. The van der Waals surface area contributed by atoms with Gasteiger partial charge in [-0.15, -0.1) is 0 Å². The second kappa shape index (κ2) is 7.87. The SMILES string of the molecule is Cn1c(=O)[nH]c(=O)c2[nH]c(CCC(=O)Nc3ccc(OCCN)cc3)nc21. The first-order valence-electron chi connectivity index (χ1n) is 8.38. The number of imidazole rings is 1. The molecule has 142 valence electrons. The second-order valence-corrected chi connectivity index (χ2v) is 5.91. The number of nitrogens with zero attached hydrogens (tertiary/aromatic N) is 2. The molecule has 1 aromatic carbocycles. The largest absolute Gasteiger partial charge is 0.492 e. The van der Waals surface area contributed by atoms with E-state index in [0.29, 0.717) is 36.8 Å². The maximum Gasteiger partial charge on any atom is 0.329 e. The van der Waals surface area contributed by atoms with Crippen molar-refractivity contribution in [3.8, 4) is 5.75 Å². The van der Waals surface area contributed by atoms with Crippen LogP contribution in [0.15, 0.2) is 33.9 Å². The summed E-state index contributed by atoms with van der Waals surface area (Å²) in [7, 11) is 1.51. The molecule has 0 fully saturated rings. The zero-order valence-corrected chi connectivity index (χ0v) is 14.7. The molecular weight excluding hydrogens is 352 g/mol. The van der Waals surface area contributed by atoms with Crippen molar-refractivity contribution in [3.63, 3.8) is 0 Å². The summed E-state index contributed by atoms with van der Waals surface area (Å²) in [5.41, 5.74) is 5.41. The van der Waals surface area contributed by atoms with E-state index in [4.69, 9.17) is 10.5 Å². The Labute approximate surface area is 153 Å². The Bertz CT molecular complexity index is 1060. The summed E-state index contributed by atoms with van der Waals surface area (Å²) < 4.78 is 6.62. The van der Waals surface area contributed by atoms with Gasteiger partial charge in [-0.05, 0) is 24.3 Å². The van der Waals surface area contributed by atoms with E-state index in [0.717, 1.165) is 0 Å². The molecule has 0 saturated carbocycles. The number of aromatic nitrogens is 4. The predicted molar refractivity (Wildman–Crippen MR) is 99.9 cm³/mol. The number of nitrogens with two attached hydrogens (primary N) is 1. The molecule has 2 aromatic heterocycles. The van der Waals surface area contributed by atoms with E-state index in [1.807, 2.05) is 0 Å². The highest BCUT2D eigenvalue weighted by atomic mass is 16.5. The highest BCUT2D eigenvalue weighted by molar-refractivity contribution is 5.90. The highest BCUT2D eigenvalue weighted by Gasteiger charge is 2.12. The molecular formula is C17H20N6O4. The molecule has 1 amide bonds. The van der Waals surface area contributed by atoms with Crippen molar-refractivity contribution in [1.29, 1.82) is 0 Å². The van der Waals surface area contributed by atoms with Gasteiger partial charge >= 0.3 is 5.69 Å². The number of ether oxygens (including phenoxy) is 1. The Morgan fingerprint density at radius 3 is 2.70 bits per heavy atom. The van der Waals surface area contributed by atoms with E-state index in [1.54, 1.807) is 24.3 Å². The summed E-state index contributed by atoms with van der Waals surface area (Å²) in [6.45, 7) is 0.859. The van der Waals surface area contributed by atoms with Gasteiger partial charge in [0.25, 0.3) is 5.56 Å². The summed E-state index contributed by atoms with van der Waals surface area (Å²) in [5, 5.41) is 2.78. The van der Waals surface area contributed by atoms with Crippen LogP contribution in [-0.4, -0.2) is 38.6 Å². The van der Waals surface area contributed by atoms with Crippen molar-refractivity contribution in [1.82, 2.24) is 19.5 Å². The molecule has 0 atom stereocenters. The average Bonchev–Trinajstić information content (AvgIpc) is 3.09. The molecule has 0 spiro atoms. The zero-order chi connectivity index (χ0) is 19.4. The molecule has 27 heavy (non-hydrogen) atoms. The smallest absolute Gasteiger partial charge is 0.329 e. The summed E-state index contributed by atoms with van der Waals surface area (Å²) in [4.78, 5) is 44.8. The number of benzene rings is 1. The first-order chi connectivity index (χ1) is 13.0. The lowest BCUT2D eigenvalue weighted by atomic mass is 10.2. The lowest BCUT2D eigenvalue weighted by molar-refractivity contribution is -0.116. The molecule has 0 aliphatic heterocycles. The topological polar surface area (TPSA) is 148 Å². The van der Waals surface area contributed by atoms with Gasteiger partial charge in [-0.2, -0.15) is 0 Å². The monoisotopic (exact) mass is 372 g/mol. The fourth-order valence-electron chi connectivity index (χ4n) is 2.54. The van der Waals surface area contributed by atoms with Crippen molar-refractivity contribution < 1.29 is 9.53 Å². The van der Waals surface area contributed by atoms with Gasteiger partial charge in [-0.25, -0.2) is 9.78 Å². The number of amides is 1. The van der Waals surface area contributed by atoms with E-state index in [-0.39, 0.29) is 23.5 Å². The maximum absolute atomic E-state index is 12.1. The minimum Gasteiger partial charge on any atom is -0.492 e. The minimum absolute atomic E-state index is 0.164. The van der Waals surface area contributed by atoms with Crippen molar-refractivity contribution >= 4 is 22.8 Å². The predicted octanol–water partition coefficient (Wildman–Crippen LogP) is -0.141. The Balaban J connectivity index is 1.61. The molecule has 0 bridgehead atoms. The normalized spacial score (nSPS) is 10.9. The first kappa shape index (κ1) is 18.4. The van der Waals surface area contributed by atoms with E-state index in [1.165, 1.54) is 11.6 Å². The lowest BCUT2D eigenvalue weighted by Gasteiger charge is -2.07. The van der Waals surface area contributed by atoms with Gasteiger partial charge in [0.1, 0.15) is 23.7 Å². The number of hydrogen-bond donors (Lipinski definition) is 4. The van der Waals surface area contributed by atoms with Crippen molar-refractivity contribution in [2.75, 3.05) is 18.5 Å². The fourth-order valence-corrected chi connectivity index (χ4v) is 2.54. The van der Waals surface area contributed by atoms with Crippen LogP contribution < -0.4 is 27.0 Å². The molecule has 0 aliphatic rings. The van der Waals surface area contributed by atoms with Crippen LogP contribution in [0, 0.1) is 0 Å². The number of anilines is 1. The van der Waals surface area contributed by atoms with E-state index < -0.39 is 11.2 Å². The van der Waals surface area contributed by atoms with Gasteiger partial charge in [0.15, 0.2) is 5.65 Å². The standard InChI is InChI=1S/C17H20N6O4/c1-23-15-14(16(25)22-17(23)26)20-12(21-15)6-7-13(24)19-10-2-4-11(5-3-10)27-9-8-18/h2-5H,6-9,18H2,1H3,(H,19,24)(H,20,21)(H,22,25,26). The van der Waals surface area contributed by atoms with Gasteiger partial charge in [0.05, 0.1) is 0 Å². The molecule has 10 heteroatoms. The first-order valence-corrected chi connectivity index (χ1v) is 8.38. The number of carbonyl (C=O) groups is 1. The quantitative estimate of drug-likeness (QED) is 0.454. The summed E-state index contributed by atoms with van der Waals surface area (Å²) in [5.74, 6) is 0.933. The van der Waals surface area contributed by atoms with Crippen molar-refractivity contribution in [3.05, 3.63) is 50.9 Å². The summed E-state index contributed by atoms with van der Waals surface area (Å²) >= 11 is 0. The van der Waals surface area contributed by atoms with Crippen LogP contribution in [0.5, 0.6) is 5.75 Å². The Kier molecular flexibility index (Phi) is 5.36. The van der Waals surface area contributed by atoms with Crippen LogP contribution >= 0.6 is 0 Å². The third kappa shape index (κ3) is 4.23. The molecule has 5 N–H and O–H groups in total. The molecule has 3 aromatic rings. The van der Waals surface area contributed by atoms with Crippen LogP contribution in [0.4, 0.5) is 5.69 Å². The molecule has 0 aliphatic carbocycles. The fraction of sp³-hybridized carbons (Fsp3) is 0.294. The Hall–Kier alpha value is -3.40. The molecule has 10 nitrogen and oxygen atoms in total. The molecule has 0 radical (unpaired) electrons. The van der Waals surface area contributed by atoms with Gasteiger partial charge in [-0.3, -0.25) is 19.1 Å². The van der Waals surface area contributed by atoms with Crippen molar-refractivity contribution in [2.45, 2.75) is 12.8 Å². The number of hydrogen-bond acceptors (Lipinski definition) is 6. The third-order valence-electron chi connectivity index (χ3n) is 3.92. The second-order valence-electron chi connectivity index (χ2n) is 5.91. The molecule has 0 unspecified atom stereocenters. The van der Waals surface area contributed by atoms with E-state index in [2.05, 4.69) is 20.3 Å². The number of aryl methyl sites for hydroxylation is 2. The molecule has 3 rings (SSSR count). The van der Waals surface area contributed by atoms with Gasteiger partial charge < -0.3 is 20.8 Å². The Morgan fingerprint density at radius 1 is 1.26 bits per heavy atom. The summed E-state index contributed by atoms with van der Waals surface area (Å²) in [6.07, 6.45) is 0.461. The zero-order valence-electron chi connectivity index (χ0n) is 14.7. The van der Waals surface area contributed by atoms with E-state index in [9.17, 15) is 14.4 Å². The van der Waals surface area contributed by atoms with Gasteiger partial charge in [-0.1, -0.05) is 0 Å². The number of H-pyrrole nitrogens is 2. The maximum atomic E-state index is 12.1. The third-order valence-corrected chi connectivity index (χ3v) is 3.92. The van der Waals surface area contributed by atoms with Crippen molar-refractivity contribution in [2.24, 2.45) is 12.8 Å². The number of fused-ring (bicyclic) bond motifs is 1.